The molecule has 0 radical (unpaired) electrons. The van der Waals surface area contributed by atoms with Gasteiger partial charge in [0.2, 0.25) is 0 Å². The highest BCUT2D eigenvalue weighted by Crippen LogP contribution is 2.38. The maximum absolute atomic E-state index is 6.55. The Balaban J connectivity index is 1.58. The molecule has 2 aliphatic carbocycles. The molecule has 2 N–H and O–H groups in total. The molecule has 1 aromatic rings. The van der Waals surface area contributed by atoms with Gasteiger partial charge in [-0.05, 0) is 55.2 Å². The molecule has 2 heteroatoms. The number of hydrogen-bond donors (Lipinski definition) is 1. The lowest BCUT2D eigenvalue weighted by Crippen LogP contribution is -2.26. The van der Waals surface area contributed by atoms with Gasteiger partial charge in [-0.1, -0.05) is 44.7 Å². The Kier molecular flexibility index (Phi) is 4.84. The van der Waals surface area contributed by atoms with Crippen LogP contribution in [0.1, 0.15) is 69.9 Å². The van der Waals surface area contributed by atoms with E-state index in [1.54, 1.807) is 0 Å². The average molecular weight is 287 g/mol. The van der Waals surface area contributed by atoms with Crippen LogP contribution in [-0.4, -0.2) is 6.10 Å². The first-order chi connectivity index (χ1) is 10.3. The Labute approximate surface area is 129 Å². The van der Waals surface area contributed by atoms with Gasteiger partial charge in [0.05, 0.1) is 6.10 Å². The molecule has 1 aromatic carbocycles. The molecule has 3 rings (SSSR count). The van der Waals surface area contributed by atoms with E-state index in [1.807, 2.05) is 0 Å². The molecule has 0 heterocycles. The number of nitrogens with two attached hydrogens (primary N) is 1. The van der Waals surface area contributed by atoms with E-state index in [0.29, 0.717) is 12.0 Å². The van der Waals surface area contributed by atoms with Crippen molar-refractivity contribution in [2.24, 2.45) is 17.6 Å². The molecule has 0 bridgehead atoms. The van der Waals surface area contributed by atoms with E-state index < -0.39 is 0 Å². The van der Waals surface area contributed by atoms with Crippen molar-refractivity contribution in [3.63, 3.8) is 0 Å². The second kappa shape index (κ2) is 6.83. The lowest BCUT2D eigenvalue weighted by molar-refractivity contribution is 0.234. The number of benzene rings is 1. The third kappa shape index (κ3) is 4.00. The highest BCUT2D eigenvalue weighted by atomic mass is 16.5. The van der Waals surface area contributed by atoms with Gasteiger partial charge in [0.15, 0.2) is 0 Å². The molecule has 2 aliphatic rings. The highest BCUT2D eigenvalue weighted by molar-refractivity contribution is 5.31. The van der Waals surface area contributed by atoms with Gasteiger partial charge in [-0.15, -0.1) is 0 Å². The SMILES string of the molecule is CCCC1CCC(C(N)c2cccc(OC3CC3)c2)CC1. The summed E-state index contributed by atoms with van der Waals surface area (Å²) in [6.07, 6.45) is 10.9. The van der Waals surface area contributed by atoms with E-state index in [2.05, 4.69) is 31.2 Å². The predicted octanol–water partition coefficient (Wildman–Crippen LogP) is 4.83. The van der Waals surface area contributed by atoms with Gasteiger partial charge in [-0.3, -0.25) is 0 Å². The Bertz CT molecular complexity index is 447. The van der Waals surface area contributed by atoms with Crippen molar-refractivity contribution in [2.45, 2.75) is 70.4 Å². The molecule has 2 nitrogen and oxygen atoms in total. The van der Waals surface area contributed by atoms with Gasteiger partial charge in [-0.25, -0.2) is 0 Å². The van der Waals surface area contributed by atoms with Crippen LogP contribution in [0.25, 0.3) is 0 Å². The summed E-state index contributed by atoms with van der Waals surface area (Å²) in [5.41, 5.74) is 7.81. The first-order valence-electron chi connectivity index (χ1n) is 8.78. The first-order valence-corrected chi connectivity index (χ1v) is 8.78. The van der Waals surface area contributed by atoms with E-state index in [-0.39, 0.29) is 6.04 Å². The van der Waals surface area contributed by atoms with Gasteiger partial charge >= 0.3 is 0 Å². The summed E-state index contributed by atoms with van der Waals surface area (Å²) in [7, 11) is 0. The van der Waals surface area contributed by atoms with Gasteiger partial charge in [-0.2, -0.15) is 0 Å². The standard InChI is InChI=1S/C19H29NO/c1-2-4-14-7-9-15(10-8-14)19(20)16-5-3-6-18(13-16)21-17-11-12-17/h3,5-6,13-15,17,19H,2,4,7-12,20H2,1H3. The van der Waals surface area contributed by atoms with Gasteiger partial charge in [0.1, 0.15) is 5.75 Å². The molecule has 2 saturated carbocycles. The van der Waals surface area contributed by atoms with Crippen LogP contribution < -0.4 is 10.5 Å². The normalized spacial score (nSPS) is 27.3. The van der Waals surface area contributed by atoms with E-state index in [9.17, 15) is 0 Å². The molecule has 0 aromatic heterocycles. The zero-order valence-corrected chi connectivity index (χ0v) is 13.3. The van der Waals surface area contributed by atoms with Crippen molar-refractivity contribution in [1.82, 2.24) is 0 Å². The summed E-state index contributed by atoms with van der Waals surface area (Å²) in [6.45, 7) is 2.29. The van der Waals surface area contributed by atoms with Crippen molar-refractivity contribution in [3.8, 4) is 5.75 Å². The van der Waals surface area contributed by atoms with Crippen molar-refractivity contribution in [3.05, 3.63) is 29.8 Å². The van der Waals surface area contributed by atoms with Crippen LogP contribution in [0.15, 0.2) is 24.3 Å². The van der Waals surface area contributed by atoms with E-state index >= 15 is 0 Å². The molecule has 0 amide bonds. The van der Waals surface area contributed by atoms with Crippen LogP contribution in [0.5, 0.6) is 5.75 Å². The fraction of sp³-hybridized carbons (Fsp3) is 0.684. The van der Waals surface area contributed by atoms with Crippen LogP contribution in [0.2, 0.25) is 0 Å². The van der Waals surface area contributed by atoms with Crippen molar-refractivity contribution in [1.29, 1.82) is 0 Å². The molecule has 2 fully saturated rings. The monoisotopic (exact) mass is 287 g/mol. The number of hydrogen-bond acceptors (Lipinski definition) is 2. The second-order valence-corrected chi connectivity index (χ2v) is 6.98. The molecule has 0 spiro atoms. The quantitative estimate of drug-likeness (QED) is 0.813. The molecule has 21 heavy (non-hydrogen) atoms. The zero-order chi connectivity index (χ0) is 14.7. The van der Waals surface area contributed by atoms with E-state index in [0.717, 1.165) is 11.7 Å². The van der Waals surface area contributed by atoms with Crippen molar-refractivity contribution in [2.75, 3.05) is 0 Å². The minimum atomic E-state index is 0.176. The number of rotatable bonds is 6. The zero-order valence-electron chi connectivity index (χ0n) is 13.3. The molecule has 1 atom stereocenters. The number of ether oxygens (including phenoxy) is 1. The fourth-order valence-corrected chi connectivity index (χ4v) is 3.69. The van der Waals surface area contributed by atoms with Gasteiger partial charge in [0, 0.05) is 6.04 Å². The van der Waals surface area contributed by atoms with E-state index in [1.165, 1.54) is 56.9 Å². The summed E-state index contributed by atoms with van der Waals surface area (Å²) in [5, 5.41) is 0. The molecule has 1 unspecified atom stereocenters. The van der Waals surface area contributed by atoms with Crippen LogP contribution in [0, 0.1) is 11.8 Å². The van der Waals surface area contributed by atoms with Gasteiger partial charge < -0.3 is 10.5 Å². The van der Waals surface area contributed by atoms with Crippen molar-refractivity contribution >= 4 is 0 Å². The molecular weight excluding hydrogens is 258 g/mol. The summed E-state index contributed by atoms with van der Waals surface area (Å²) in [6, 6.07) is 8.67. The van der Waals surface area contributed by atoms with Crippen LogP contribution in [0.3, 0.4) is 0 Å². The average Bonchev–Trinajstić information content (AvgIpc) is 3.32. The molecular formula is C19H29NO. The Morgan fingerprint density at radius 2 is 1.90 bits per heavy atom. The highest BCUT2D eigenvalue weighted by Gasteiger charge is 2.27. The van der Waals surface area contributed by atoms with Crippen LogP contribution >= 0.6 is 0 Å². The van der Waals surface area contributed by atoms with E-state index in [4.69, 9.17) is 10.5 Å². The minimum absolute atomic E-state index is 0.176. The first kappa shape index (κ1) is 14.9. The lowest BCUT2D eigenvalue weighted by atomic mass is 9.76. The summed E-state index contributed by atoms with van der Waals surface area (Å²) >= 11 is 0. The molecule has 0 aliphatic heterocycles. The Hall–Kier alpha value is -1.02. The fourth-order valence-electron chi connectivity index (χ4n) is 3.69. The third-order valence-electron chi connectivity index (χ3n) is 5.17. The largest absolute Gasteiger partial charge is 0.490 e. The summed E-state index contributed by atoms with van der Waals surface area (Å²) in [5.74, 6) is 2.60. The molecule has 0 saturated heterocycles. The Morgan fingerprint density at radius 1 is 1.14 bits per heavy atom. The van der Waals surface area contributed by atoms with Gasteiger partial charge in [0.25, 0.3) is 0 Å². The smallest absolute Gasteiger partial charge is 0.120 e. The van der Waals surface area contributed by atoms with Crippen LogP contribution in [-0.2, 0) is 0 Å². The van der Waals surface area contributed by atoms with Crippen molar-refractivity contribution < 1.29 is 4.74 Å². The maximum atomic E-state index is 6.55. The third-order valence-corrected chi connectivity index (χ3v) is 5.17. The lowest BCUT2D eigenvalue weighted by Gasteiger charge is -2.32. The topological polar surface area (TPSA) is 35.2 Å². The van der Waals surface area contributed by atoms with Crippen LogP contribution in [0.4, 0.5) is 0 Å². The second-order valence-electron chi connectivity index (χ2n) is 6.98. The summed E-state index contributed by atoms with van der Waals surface area (Å²) < 4.78 is 5.90. The Morgan fingerprint density at radius 3 is 2.57 bits per heavy atom. The maximum Gasteiger partial charge on any atom is 0.120 e. The minimum Gasteiger partial charge on any atom is -0.490 e. The predicted molar refractivity (Wildman–Crippen MR) is 87.4 cm³/mol. The summed E-state index contributed by atoms with van der Waals surface area (Å²) in [4.78, 5) is 0. The molecule has 116 valence electrons.